The molecule has 17 heavy (non-hydrogen) atoms. The van der Waals surface area contributed by atoms with Crippen molar-refractivity contribution in [3.05, 3.63) is 34.7 Å². The topological polar surface area (TPSA) is 12.9 Å². The van der Waals surface area contributed by atoms with Crippen molar-refractivity contribution >= 4 is 5.57 Å². The lowest BCUT2D eigenvalue weighted by atomic mass is 9.83. The number of rotatable bonds is 2. The normalized spacial score (nSPS) is 11.7. The minimum atomic E-state index is 0.273. The summed E-state index contributed by atoms with van der Waals surface area (Å²) < 4.78 is 0. The second-order valence-electron chi connectivity index (χ2n) is 6.25. The minimum Gasteiger partial charge on any atom is -0.258 e. The molecule has 0 aliphatic carbocycles. The Morgan fingerprint density at radius 3 is 2.00 bits per heavy atom. The molecule has 0 atom stereocenters. The van der Waals surface area contributed by atoms with Crippen LogP contribution in [0.1, 0.15) is 55.3 Å². The fourth-order valence-electron chi connectivity index (χ4n) is 2.37. The van der Waals surface area contributed by atoms with E-state index in [-0.39, 0.29) is 5.41 Å². The Bertz CT molecular complexity index is 448. The molecule has 0 amide bonds. The van der Waals surface area contributed by atoms with Gasteiger partial charge in [0.15, 0.2) is 0 Å². The van der Waals surface area contributed by atoms with Crippen molar-refractivity contribution in [3.63, 3.8) is 0 Å². The van der Waals surface area contributed by atoms with Gasteiger partial charge in [0.05, 0.1) is 0 Å². The van der Waals surface area contributed by atoms with Crippen molar-refractivity contribution in [2.24, 2.45) is 5.41 Å². The molecule has 0 spiro atoms. The average Bonchev–Trinajstić information content (AvgIpc) is 2.11. The first-order valence-corrected chi connectivity index (χ1v) is 6.26. The molecule has 1 aromatic heterocycles. The highest BCUT2D eigenvalue weighted by atomic mass is 14.7. The number of nitrogens with zero attached hydrogens (tertiary/aromatic N) is 1. The summed E-state index contributed by atoms with van der Waals surface area (Å²) in [4.78, 5) is 4.62. The van der Waals surface area contributed by atoms with Crippen LogP contribution < -0.4 is 0 Å². The van der Waals surface area contributed by atoms with Crippen molar-refractivity contribution in [2.45, 2.75) is 54.9 Å². The lowest BCUT2D eigenvalue weighted by Gasteiger charge is -2.23. The number of aryl methyl sites for hydroxylation is 2. The van der Waals surface area contributed by atoms with E-state index < -0.39 is 0 Å². The lowest BCUT2D eigenvalue weighted by Crippen LogP contribution is -2.08. The summed E-state index contributed by atoms with van der Waals surface area (Å²) in [5, 5.41) is 0. The molecule has 94 valence electrons. The van der Waals surface area contributed by atoms with Gasteiger partial charge in [-0.25, -0.2) is 0 Å². The van der Waals surface area contributed by atoms with Crippen LogP contribution in [0.2, 0.25) is 0 Å². The van der Waals surface area contributed by atoms with Gasteiger partial charge in [-0.3, -0.25) is 4.98 Å². The molecule has 0 unspecified atom stereocenters. The smallest absolute Gasteiger partial charge is 0.0453 e. The van der Waals surface area contributed by atoms with Crippen LogP contribution in [0.25, 0.3) is 5.57 Å². The van der Waals surface area contributed by atoms with Gasteiger partial charge in [0.1, 0.15) is 0 Å². The van der Waals surface area contributed by atoms with E-state index in [1.807, 2.05) is 0 Å². The Labute approximate surface area is 106 Å². The maximum Gasteiger partial charge on any atom is 0.0453 e. The third-order valence-corrected chi connectivity index (χ3v) is 3.27. The van der Waals surface area contributed by atoms with Gasteiger partial charge in [-0.1, -0.05) is 27.4 Å². The van der Waals surface area contributed by atoms with E-state index in [9.17, 15) is 0 Å². The van der Waals surface area contributed by atoms with Crippen LogP contribution in [0.3, 0.4) is 0 Å². The van der Waals surface area contributed by atoms with Crippen LogP contribution in [0.15, 0.2) is 6.58 Å². The van der Waals surface area contributed by atoms with Crippen molar-refractivity contribution in [1.82, 2.24) is 4.98 Å². The van der Waals surface area contributed by atoms with Gasteiger partial charge in [0.25, 0.3) is 0 Å². The molecule has 1 rings (SSSR count). The first kappa shape index (κ1) is 14.0. The van der Waals surface area contributed by atoms with Gasteiger partial charge in [0.2, 0.25) is 0 Å². The molecule has 0 saturated heterocycles. The number of pyridine rings is 1. The Kier molecular flexibility index (Phi) is 3.81. The SMILES string of the molecule is C=C(CC(C)(C)C)c1c(C)nc(C)c(C)c1C. The first-order valence-electron chi connectivity index (χ1n) is 6.26. The van der Waals surface area contributed by atoms with E-state index in [1.165, 1.54) is 22.3 Å². The van der Waals surface area contributed by atoms with Crippen molar-refractivity contribution < 1.29 is 0 Å². The molecule has 1 nitrogen and oxygen atoms in total. The zero-order valence-corrected chi connectivity index (χ0v) is 12.4. The monoisotopic (exact) mass is 231 g/mol. The molecule has 0 bridgehead atoms. The predicted molar refractivity (Wildman–Crippen MR) is 76.3 cm³/mol. The van der Waals surface area contributed by atoms with Crippen LogP contribution in [-0.4, -0.2) is 4.98 Å². The van der Waals surface area contributed by atoms with Crippen LogP contribution in [-0.2, 0) is 0 Å². The van der Waals surface area contributed by atoms with Gasteiger partial charge < -0.3 is 0 Å². The molecule has 1 aromatic rings. The molecule has 1 heteroatoms. The van der Waals surface area contributed by atoms with Crippen LogP contribution >= 0.6 is 0 Å². The fourth-order valence-corrected chi connectivity index (χ4v) is 2.37. The van der Waals surface area contributed by atoms with Crippen molar-refractivity contribution in [3.8, 4) is 0 Å². The fraction of sp³-hybridized carbons (Fsp3) is 0.562. The zero-order chi connectivity index (χ0) is 13.4. The highest BCUT2D eigenvalue weighted by Crippen LogP contribution is 2.33. The van der Waals surface area contributed by atoms with Gasteiger partial charge in [-0.2, -0.15) is 0 Å². The van der Waals surface area contributed by atoms with Gasteiger partial charge >= 0.3 is 0 Å². The lowest BCUT2D eigenvalue weighted by molar-refractivity contribution is 0.427. The quantitative estimate of drug-likeness (QED) is 0.714. The van der Waals surface area contributed by atoms with Crippen LogP contribution in [0.4, 0.5) is 0 Å². The van der Waals surface area contributed by atoms with E-state index in [4.69, 9.17) is 0 Å². The van der Waals surface area contributed by atoms with Crippen LogP contribution in [0, 0.1) is 33.1 Å². The van der Waals surface area contributed by atoms with E-state index in [0.717, 1.165) is 17.8 Å². The number of aromatic nitrogens is 1. The number of hydrogen-bond acceptors (Lipinski definition) is 1. The van der Waals surface area contributed by atoms with Crippen molar-refractivity contribution in [2.75, 3.05) is 0 Å². The second kappa shape index (κ2) is 4.64. The van der Waals surface area contributed by atoms with E-state index >= 15 is 0 Å². The summed E-state index contributed by atoms with van der Waals surface area (Å²) >= 11 is 0. The first-order chi connectivity index (χ1) is 7.63. The summed E-state index contributed by atoms with van der Waals surface area (Å²) in [6.45, 7) is 19.5. The largest absolute Gasteiger partial charge is 0.258 e. The molecular formula is C16H25N. The summed E-state index contributed by atoms with van der Waals surface area (Å²) in [6.07, 6.45) is 1.01. The number of allylic oxidation sites excluding steroid dienone is 1. The predicted octanol–water partition coefficient (Wildman–Crippen LogP) is 4.76. The third-order valence-electron chi connectivity index (χ3n) is 3.27. The molecule has 0 fully saturated rings. The molecular weight excluding hydrogens is 206 g/mol. The van der Waals surface area contributed by atoms with E-state index in [2.05, 4.69) is 60.0 Å². The maximum atomic E-state index is 4.62. The highest BCUT2D eigenvalue weighted by molar-refractivity contribution is 5.69. The minimum absolute atomic E-state index is 0.273. The summed E-state index contributed by atoms with van der Waals surface area (Å²) in [5.74, 6) is 0. The summed E-state index contributed by atoms with van der Waals surface area (Å²) in [7, 11) is 0. The van der Waals surface area contributed by atoms with Gasteiger partial charge in [-0.15, -0.1) is 0 Å². The molecule has 0 aromatic carbocycles. The molecule has 0 N–H and O–H groups in total. The van der Waals surface area contributed by atoms with E-state index in [0.29, 0.717) is 0 Å². The Hall–Kier alpha value is -1.11. The van der Waals surface area contributed by atoms with Crippen molar-refractivity contribution in [1.29, 1.82) is 0 Å². The molecule has 0 aliphatic rings. The number of hydrogen-bond donors (Lipinski definition) is 0. The third kappa shape index (κ3) is 3.18. The molecule has 0 saturated carbocycles. The summed E-state index contributed by atoms with van der Waals surface area (Å²) in [6, 6.07) is 0. The second-order valence-corrected chi connectivity index (χ2v) is 6.25. The molecule has 0 radical (unpaired) electrons. The maximum absolute atomic E-state index is 4.62. The summed E-state index contributed by atoms with van der Waals surface area (Å²) in [5.41, 5.74) is 7.62. The van der Waals surface area contributed by atoms with E-state index in [1.54, 1.807) is 0 Å². The Balaban J connectivity index is 3.24. The van der Waals surface area contributed by atoms with Crippen LogP contribution in [0.5, 0.6) is 0 Å². The Morgan fingerprint density at radius 2 is 1.53 bits per heavy atom. The zero-order valence-electron chi connectivity index (χ0n) is 12.4. The average molecular weight is 231 g/mol. The van der Waals surface area contributed by atoms with Gasteiger partial charge in [0, 0.05) is 17.0 Å². The Morgan fingerprint density at radius 1 is 1.00 bits per heavy atom. The molecule has 0 aliphatic heterocycles. The molecule has 1 heterocycles. The highest BCUT2D eigenvalue weighted by Gasteiger charge is 2.17. The van der Waals surface area contributed by atoms with Gasteiger partial charge in [-0.05, 0) is 56.2 Å². The standard InChI is InChI=1S/C16H25N/c1-10(9-16(6,7)8)15-12(3)11(2)13(4)17-14(15)5/h1,9H2,2-8H3.